The molecule has 3 nitrogen and oxygen atoms in total. The lowest BCUT2D eigenvalue weighted by molar-refractivity contribution is 0.0600. The summed E-state index contributed by atoms with van der Waals surface area (Å²) in [6.45, 7) is 3.57. The van der Waals surface area contributed by atoms with Crippen LogP contribution in [-0.2, 0) is 11.2 Å². The zero-order valence-electron chi connectivity index (χ0n) is 7.99. The van der Waals surface area contributed by atoms with Crippen LogP contribution in [0.1, 0.15) is 15.9 Å². The molecule has 0 aliphatic carbocycles. The number of benzene rings is 1. The van der Waals surface area contributed by atoms with Gasteiger partial charge in [0.05, 0.1) is 12.7 Å². The molecule has 0 aromatic heterocycles. The van der Waals surface area contributed by atoms with Gasteiger partial charge in [-0.3, -0.25) is 0 Å². The molecule has 3 heteroatoms. The van der Waals surface area contributed by atoms with Crippen molar-refractivity contribution < 1.29 is 14.6 Å². The molecule has 1 N–H and O–H groups in total. The van der Waals surface area contributed by atoms with E-state index in [-0.39, 0.29) is 5.75 Å². The predicted molar refractivity (Wildman–Crippen MR) is 53.3 cm³/mol. The maximum absolute atomic E-state index is 11.1. The molecular formula is C11H12O3. The molecule has 0 aliphatic rings. The number of rotatable bonds is 3. The molecule has 0 heterocycles. The molecule has 1 rings (SSSR count). The van der Waals surface area contributed by atoms with Crippen LogP contribution in [0.2, 0.25) is 0 Å². The van der Waals surface area contributed by atoms with Gasteiger partial charge in [0, 0.05) is 0 Å². The van der Waals surface area contributed by atoms with Gasteiger partial charge >= 0.3 is 5.97 Å². The number of hydrogen-bond acceptors (Lipinski definition) is 3. The zero-order chi connectivity index (χ0) is 10.6. The summed E-state index contributed by atoms with van der Waals surface area (Å²) in [5.41, 5.74) is 1.09. The third-order valence-electron chi connectivity index (χ3n) is 1.87. The van der Waals surface area contributed by atoms with Crippen molar-refractivity contribution in [1.29, 1.82) is 0 Å². The normalized spacial score (nSPS) is 9.50. The minimum Gasteiger partial charge on any atom is -0.508 e. The van der Waals surface area contributed by atoms with Crippen LogP contribution in [0.15, 0.2) is 30.9 Å². The third-order valence-corrected chi connectivity index (χ3v) is 1.87. The average Bonchev–Trinajstić information content (AvgIpc) is 2.20. The maximum Gasteiger partial charge on any atom is 0.337 e. The average molecular weight is 192 g/mol. The number of carbonyl (C=O) groups is 1. The number of allylic oxidation sites excluding steroid dienone is 1. The van der Waals surface area contributed by atoms with Crippen molar-refractivity contribution >= 4 is 5.97 Å². The summed E-state index contributed by atoms with van der Waals surface area (Å²) in [5.74, 6) is -0.363. The lowest BCUT2D eigenvalue weighted by Crippen LogP contribution is -2.01. The Labute approximate surface area is 82.6 Å². The standard InChI is InChI=1S/C11H12O3/c1-3-4-8-5-6-9(7-10(8)12)11(13)14-2/h3,5-7,12H,1,4H2,2H3. The quantitative estimate of drug-likeness (QED) is 0.587. The number of esters is 1. The summed E-state index contributed by atoms with van der Waals surface area (Å²) in [4.78, 5) is 11.1. The number of phenols is 1. The van der Waals surface area contributed by atoms with E-state index in [4.69, 9.17) is 0 Å². The van der Waals surface area contributed by atoms with E-state index >= 15 is 0 Å². The number of aromatic hydroxyl groups is 1. The van der Waals surface area contributed by atoms with Gasteiger partial charge in [-0.15, -0.1) is 6.58 Å². The Hall–Kier alpha value is -1.77. The van der Waals surface area contributed by atoms with E-state index in [0.29, 0.717) is 12.0 Å². The predicted octanol–water partition coefficient (Wildman–Crippen LogP) is 1.91. The zero-order valence-corrected chi connectivity index (χ0v) is 7.99. The summed E-state index contributed by atoms with van der Waals surface area (Å²) < 4.78 is 4.52. The molecule has 1 aromatic carbocycles. The van der Waals surface area contributed by atoms with Crippen molar-refractivity contribution in [3.8, 4) is 5.75 Å². The number of carbonyl (C=O) groups excluding carboxylic acids is 1. The van der Waals surface area contributed by atoms with Gasteiger partial charge in [0.2, 0.25) is 0 Å². The molecule has 1 aromatic rings. The number of ether oxygens (including phenoxy) is 1. The second-order valence-corrected chi connectivity index (χ2v) is 2.83. The van der Waals surface area contributed by atoms with Gasteiger partial charge in [-0.2, -0.15) is 0 Å². The Bertz CT molecular complexity index is 356. The molecule has 0 amide bonds. The molecular weight excluding hydrogens is 180 g/mol. The van der Waals surface area contributed by atoms with Crippen LogP contribution < -0.4 is 0 Å². The minimum absolute atomic E-state index is 0.0906. The fourth-order valence-corrected chi connectivity index (χ4v) is 1.14. The van der Waals surface area contributed by atoms with Gasteiger partial charge in [0.25, 0.3) is 0 Å². The number of methoxy groups -OCH3 is 1. The van der Waals surface area contributed by atoms with E-state index in [1.807, 2.05) is 0 Å². The summed E-state index contributed by atoms with van der Waals surface area (Å²) in [6.07, 6.45) is 2.26. The molecule has 0 atom stereocenters. The fraction of sp³-hybridized carbons (Fsp3) is 0.182. The minimum atomic E-state index is -0.453. The van der Waals surface area contributed by atoms with Crippen molar-refractivity contribution in [3.05, 3.63) is 42.0 Å². The Balaban J connectivity index is 2.99. The summed E-state index contributed by atoms with van der Waals surface area (Å²) >= 11 is 0. The fourth-order valence-electron chi connectivity index (χ4n) is 1.14. The second kappa shape index (κ2) is 4.46. The highest BCUT2D eigenvalue weighted by molar-refractivity contribution is 5.89. The molecule has 0 fully saturated rings. The van der Waals surface area contributed by atoms with Crippen LogP contribution in [0.25, 0.3) is 0 Å². The number of phenolic OH excluding ortho intramolecular Hbond substituents is 1. The van der Waals surface area contributed by atoms with Crippen LogP contribution in [0, 0.1) is 0 Å². The van der Waals surface area contributed by atoms with Crippen LogP contribution >= 0.6 is 0 Å². The SMILES string of the molecule is C=CCc1ccc(C(=O)OC)cc1O. The molecule has 0 unspecified atom stereocenters. The Morgan fingerprint density at radius 2 is 2.36 bits per heavy atom. The van der Waals surface area contributed by atoms with Crippen molar-refractivity contribution in [2.75, 3.05) is 7.11 Å². The first kappa shape index (κ1) is 10.3. The van der Waals surface area contributed by atoms with Crippen molar-refractivity contribution in [2.24, 2.45) is 0 Å². The highest BCUT2D eigenvalue weighted by Gasteiger charge is 2.07. The second-order valence-electron chi connectivity index (χ2n) is 2.83. The van der Waals surface area contributed by atoms with E-state index in [2.05, 4.69) is 11.3 Å². The first-order valence-corrected chi connectivity index (χ1v) is 4.20. The van der Waals surface area contributed by atoms with Gasteiger partial charge in [-0.05, 0) is 24.1 Å². The lowest BCUT2D eigenvalue weighted by atomic mass is 10.1. The van der Waals surface area contributed by atoms with Crippen LogP contribution in [0.5, 0.6) is 5.75 Å². The van der Waals surface area contributed by atoms with Gasteiger partial charge < -0.3 is 9.84 Å². The number of hydrogen-bond donors (Lipinski definition) is 1. The Morgan fingerprint density at radius 1 is 1.64 bits per heavy atom. The molecule has 0 spiro atoms. The van der Waals surface area contributed by atoms with Crippen LogP contribution in [-0.4, -0.2) is 18.2 Å². The van der Waals surface area contributed by atoms with Gasteiger partial charge in [-0.1, -0.05) is 12.1 Å². The van der Waals surface area contributed by atoms with E-state index in [0.717, 1.165) is 5.56 Å². The lowest BCUT2D eigenvalue weighted by Gasteiger charge is -2.03. The molecule has 0 aliphatic heterocycles. The summed E-state index contributed by atoms with van der Waals surface area (Å²) in [5, 5.41) is 9.51. The van der Waals surface area contributed by atoms with E-state index in [9.17, 15) is 9.90 Å². The Morgan fingerprint density at radius 3 is 2.86 bits per heavy atom. The molecule has 0 saturated heterocycles. The molecule has 0 radical (unpaired) electrons. The molecule has 74 valence electrons. The highest BCUT2D eigenvalue weighted by Crippen LogP contribution is 2.19. The van der Waals surface area contributed by atoms with Crippen molar-refractivity contribution in [2.45, 2.75) is 6.42 Å². The van der Waals surface area contributed by atoms with E-state index in [1.165, 1.54) is 13.2 Å². The van der Waals surface area contributed by atoms with Crippen LogP contribution in [0.3, 0.4) is 0 Å². The van der Waals surface area contributed by atoms with Gasteiger partial charge in [0.1, 0.15) is 5.75 Å². The highest BCUT2D eigenvalue weighted by atomic mass is 16.5. The summed E-state index contributed by atoms with van der Waals surface area (Å²) in [7, 11) is 1.30. The van der Waals surface area contributed by atoms with Gasteiger partial charge in [-0.25, -0.2) is 4.79 Å². The maximum atomic E-state index is 11.1. The smallest absolute Gasteiger partial charge is 0.337 e. The third kappa shape index (κ3) is 2.13. The van der Waals surface area contributed by atoms with Crippen molar-refractivity contribution in [1.82, 2.24) is 0 Å². The van der Waals surface area contributed by atoms with Gasteiger partial charge in [0.15, 0.2) is 0 Å². The monoisotopic (exact) mass is 192 g/mol. The molecule has 14 heavy (non-hydrogen) atoms. The topological polar surface area (TPSA) is 46.5 Å². The van der Waals surface area contributed by atoms with Crippen molar-refractivity contribution in [3.63, 3.8) is 0 Å². The van der Waals surface area contributed by atoms with E-state index in [1.54, 1.807) is 18.2 Å². The van der Waals surface area contributed by atoms with E-state index < -0.39 is 5.97 Å². The molecule has 0 bridgehead atoms. The van der Waals surface area contributed by atoms with Crippen LogP contribution in [0.4, 0.5) is 0 Å². The first-order chi connectivity index (χ1) is 6.69. The molecule has 0 saturated carbocycles. The Kier molecular flexibility index (Phi) is 3.29. The summed E-state index contributed by atoms with van der Waals surface area (Å²) in [6, 6.07) is 4.69. The largest absolute Gasteiger partial charge is 0.508 e. The first-order valence-electron chi connectivity index (χ1n) is 4.20.